The number of amides is 1. The van der Waals surface area contributed by atoms with Crippen LogP contribution in [-0.2, 0) is 4.79 Å². The number of unbranched alkanes of at least 4 members (excludes halogenated alkanes) is 49. The predicted octanol–water partition coefficient (Wildman–Crippen LogP) is 20.4. The summed E-state index contributed by atoms with van der Waals surface area (Å²) in [7, 11) is 0. The number of hydrogen-bond acceptors (Lipinski definition) is 4. The van der Waals surface area contributed by atoms with Gasteiger partial charge >= 0.3 is 0 Å². The monoisotopic (exact) mass is 986 g/mol. The van der Waals surface area contributed by atoms with E-state index in [0.29, 0.717) is 6.42 Å². The lowest BCUT2D eigenvalue weighted by Gasteiger charge is -2.21. The molecular weight excluding hydrogens is 859 g/mol. The summed E-state index contributed by atoms with van der Waals surface area (Å²) in [6.07, 6.45) is 78.4. The predicted molar refractivity (Wildman–Crippen MR) is 310 cm³/mol. The van der Waals surface area contributed by atoms with Crippen LogP contribution in [0.2, 0.25) is 0 Å². The maximum Gasteiger partial charge on any atom is 0.222 e. The Morgan fingerprint density at radius 3 is 0.914 bits per heavy atom. The number of aliphatic hydroxyl groups is 3. The lowest BCUT2D eigenvalue weighted by atomic mass is 10.0. The van der Waals surface area contributed by atoms with Crippen molar-refractivity contribution in [3.63, 3.8) is 0 Å². The Labute approximate surface area is 439 Å². The number of carbonyl (C=O) groups is 1. The van der Waals surface area contributed by atoms with Gasteiger partial charge in [-0.05, 0) is 32.1 Å². The highest BCUT2D eigenvalue weighted by atomic mass is 16.3. The molecule has 0 heterocycles. The first-order valence-electron chi connectivity index (χ1n) is 32.1. The van der Waals surface area contributed by atoms with Gasteiger partial charge in [-0.15, -0.1) is 0 Å². The lowest BCUT2D eigenvalue weighted by Crippen LogP contribution is -2.45. The molecule has 0 saturated heterocycles. The minimum absolute atomic E-state index is 0.0107. The maximum atomic E-state index is 12.6. The Balaban J connectivity index is 3.52. The van der Waals surface area contributed by atoms with Crippen LogP contribution in [0.15, 0.2) is 24.3 Å². The molecule has 0 radical (unpaired) electrons. The Morgan fingerprint density at radius 2 is 0.614 bits per heavy atom. The molecule has 0 aromatic rings. The van der Waals surface area contributed by atoms with Crippen LogP contribution in [0.3, 0.4) is 0 Å². The number of hydrogen-bond donors (Lipinski definition) is 4. The molecule has 0 rings (SSSR count). The smallest absolute Gasteiger partial charge is 0.222 e. The fourth-order valence-corrected chi connectivity index (χ4v) is 10.4. The standard InChI is InChI=1S/C65H127NO4/c1-3-5-7-9-11-13-15-17-19-21-23-25-27-29-30-31-32-33-35-36-38-40-42-44-46-48-50-52-54-56-58-62(68)60-65(70)66-63(61-67)64(69)59-57-55-53-51-49-47-45-43-41-39-37-34-28-26-24-22-20-18-16-14-12-10-8-6-4-2/h49,51,57,59,62-64,67-69H,3-48,50,52-56,58,60-61H2,1-2H3,(H,66,70)/b51-49+,59-57+. The summed E-state index contributed by atoms with van der Waals surface area (Å²) in [5.74, 6) is -0.317. The van der Waals surface area contributed by atoms with Crippen molar-refractivity contribution in [1.29, 1.82) is 0 Å². The van der Waals surface area contributed by atoms with Crippen LogP contribution in [0.1, 0.15) is 361 Å². The Morgan fingerprint density at radius 1 is 0.357 bits per heavy atom. The molecule has 70 heavy (non-hydrogen) atoms. The van der Waals surface area contributed by atoms with Gasteiger partial charge in [0.1, 0.15) is 0 Å². The maximum absolute atomic E-state index is 12.6. The third kappa shape index (κ3) is 56.1. The van der Waals surface area contributed by atoms with Crippen LogP contribution in [-0.4, -0.2) is 46.1 Å². The molecule has 0 saturated carbocycles. The highest BCUT2D eigenvalue weighted by Gasteiger charge is 2.20. The average molecular weight is 987 g/mol. The molecule has 5 heteroatoms. The zero-order valence-electron chi connectivity index (χ0n) is 47.7. The van der Waals surface area contributed by atoms with Gasteiger partial charge in [0.2, 0.25) is 5.91 Å². The summed E-state index contributed by atoms with van der Waals surface area (Å²) in [6.45, 7) is 4.25. The second-order valence-electron chi connectivity index (χ2n) is 22.4. The van der Waals surface area contributed by atoms with Crippen LogP contribution in [0.25, 0.3) is 0 Å². The molecule has 0 aromatic heterocycles. The van der Waals surface area contributed by atoms with Gasteiger partial charge in [-0.25, -0.2) is 0 Å². The number of rotatable bonds is 60. The van der Waals surface area contributed by atoms with Gasteiger partial charge in [0.15, 0.2) is 0 Å². The fourth-order valence-electron chi connectivity index (χ4n) is 10.4. The summed E-state index contributed by atoms with van der Waals surface area (Å²) in [6, 6.07) is -0.760. The molecule has 416 valence electrons. The van der Waals surface area contributed by atoms with Crippen molar-refractivity contribution in [2.45, 2.75) is 379 Å². The van der Waals surface area contributed by atoms with E-state index in [9.17, 15) is 20.1 Å². The number of aliphatic hydroxyl groups excluding tert-OH is 3. The number of allylic oxidation sites excluding steroid dienone is 3. The third-order valence-electron chi connectivity index (χ3n) is 15.2. The van der Waals surface area contributed by atoms with E-state index in [1.54, 1.807) is 6.08 Å². The van der Waals surface area contributed by atoms with Gasteiger partial charge in [0.25, 0.3) is 0 Å². The molecule has 1 amide bonds. The molecule has 0 aliphatic rings. The lowest BCUT2D eigenvalue weighted by molar-refractivity contribution is -0.124. The van der Waals surface area contributed by atoms with Gasteiger partial charge in [-0.3, -0.25) is 4.79 Å². The van der Waals surface area contributed by atoms with Gasteiger partial charge in [0, 0.05) is 0 Å². The first-order chi connectivity index (χ1) is 34.5. The minimum Gasteiger partial charge on any atom is -0.394 e. The topological polar surface area (TPSA) is 89.8 Å². The van der Waals surface area contributed by atoms with Crippen molar-refractivity contribution in [3.8, 4) is 0 Å². The summed E-state index contributed by atoms with van der Waals surface area (Å²) >= 11 is 0. The molecule has 0 bridgehead atoms. The second-order valence-corrected chi connectivity index (χ2v) is 22.4. The van der Waals surface area contributed by atoms with Crippen LogP contribution >= 0.6 is 0 Å². The Hall–Kier alpha value is -1.17. The van der Waals surface area contributed by atoms with E-state index in [0.717, 1.165) is 32.1 Å². The van der Waals surface area contributed by atoms with Gasteiger partial charge in [-0.2, -0.15) is 0 Å². The molecular formula is C65H127NO4. The van der Waals surface area contributed by atoms with E-state index >= 15 is 0 Å². The SMILES string of the molecule is CCCCCCCCCCCCCCCCCCCCC/C=C/CC/C=C/C(O)C(CO)NC(=O)CC(O)CCCCCCCCCCCCCCCCCCCCCCCCCCCCCCCC. The van der Waals surface area contributed by atoms with E-state index in [1.807, 2.05) is 6.08 Å². The van der Waals surface area contributed by atoms with Crippen LogP contribution in [0.5, 0.6) is 0 Å². The molecule has 0 spiro atoms. The number of carbonyl (C=O) groups excluding carboxylic acids is 1. The van der Waals surface area contributed by atoms with Gasteiger partial charge in [-0.1, -0.05) is 346 Å². The summed E-state index contributed by atoms with van der Waals surface area (Å²) in [5, 5.41) is 33.5. The molecule has 3 atom stereocenters. The molecule has 0 aliphatic heterocycles. The van der Waals surface area contributed by atoms with Crippen molar-refractivity contribution in [2.75, 3.05) is 6.61 Å². The summed E-state index contributed by atoms with van der Waals surface area (Å²) in [5.41, 5.74) is 0. The average Bonchev–Trinajstić information content (AvgIpc) is 3.36. The molecule has 0 aliphatic carbocycles. The van der Waals surface area contributed by atoms with Crippen molar-refractivity contribution in [2.24, 2.45) is 0 Å². The normalized spacial score (nSPS) is 13.3. The van der Waals surface area contributed by atoms with E-state index < -0.39 is 18.2 Å². The minimum atomic E-state index is -0.951. The van der Waals surface area contributed by atoms with E-state index in [4.69, 9.17) is 0 Å². The zero-order chi connectivity index (χ0) is 50.7. The first-order valence-corrected chi connectivity index (χ1v) is 32.1. The first kappa shape index (κ1) is 68.8. The van der Waals surface area contributed by atoms with Crippen molar-refractivity contribution in [1.82, 2.24) is 5.32 Å². The quantitative estimate of drug-likeness (QED) is 0.0361. The second kappa shape index (κ2) is 60.4. The van der Waals surface area contributed by atoms with E-state index in [-0.39, 0.29) is 18.9 Å². The third-order valence-corrected chi connectivity index (χ3v) is 15.2. The van der Waals surface area contributed by atoms with Crippen molar-refractivity contribution >= 4 is 5.91 Å². The van der Waals surface area contributed by atoms with Crippen LogP contribution < -0.4 is 5.32 Å². The Kier molecular flexibility index (Phi) is 59.4. The van der Waals surface area contributed by atoms with Gasteiger partial charge in [0.05, 0.1) is 31.3 Å². The molecule has 0 fully saturated rings. The fraction of sp³-hybridized carbons (Fsp3) is 0.923. The van der Waals surface area contributed by atoms with Crippen molar-refractivity contribution < 1.29 is 20.1 Å². The zero-order valence-corrected chi connectivity index (χ0v) is 47.7. The molecule has 3 unspecified atom stereocenters. The molecule has 5 nitrogen and oxygen atoms in total. The van der Waals surface area contributed by atoms with Gasteiger partial charge < -0.3 is 20.6 Å². The molecule has 0 aromatic carbocycles. The van der Waals surface area contributed by atoms with Crippen molar-refractivity contribution in [3.05, 3.63) is 24.3 Å². The Bertz CT molecular complexity index is 1040. The van der Waals surface area contributed by atoms with Crippen LogP contribution in [0.4, 0.5) is 0 Å². The van der Waals surface area contributed by atoms with E-state index in [2.05, 4.69) is 31.3 Å². The highest BCUT2D eigenvalue weighted by molar-refractivity contribution is 5.76. The molecule has 4 N–H and O–H groups in total. The number of nitrogens with one attached hydrogen (secondary N) is 1. The largest absolute Gasteiger partial charge is 0.394 e. The van der Waals surface area contributed by atoms with Crippen LogP contribution in [0, 0.1) is 0 Å². The summed E-state index contributed by atoms with van der Waals surface area (Å²) < 4.78 is 0. The summed E-state index contributed by atoms with van der Waals surface area (Å²) in [4.78, 5) is 12.6. The highest BCUT2D eigenvalue weighted by Crippen LogP contribution is 2.19. The van der Waals surface area contributed by atoms with E-state index in [1.165, 1.54) is 302 Å².